The monoisotopic (exact) mass is 252 g/mol. The zero-order chi connectivity index (χ0) is 12.4. The van der Waals surface area contributed by atoms with Crippen molar-refractivity contribution in [2.24, 2.45) is 0 Å². The van der Waals surface area contributed by atoms with Gasteiger partial charge in [-0.05, 0) is 6.92 Å². The van der Waals surface area contributed by atoms with E-state index in [4.69, 9.17) is 5.73 Å². The number of aromatic nitrogens is 2. The molecule has 0 saturated carbocycles. The first-order valence-electron chi connectivity index (χ1n) is 4.71. The summed E-state index contributed by atoms with van der Waals surface area (Å²) in [6, 6.07) is 1.19. The molecule has 0 bridgehead atoms. The number of nitrogens with zero attached hydrogens (tertiary/aromatic N) is 2. The van der Waals surface area contributed by atoms with Crippen molar-refractivity contribution in [3.05, 3.63) is 34.8 Å². The number of rotatable bonds is 2. The minimum atomic E-state index is -0.511. The van der Waals surface area contributed by atoms with Crippen LogP contribution < -0.4 is 11.1 Å². The van der Waals surface area contributed by atoms with Gasteiger partial charge in [-0.25, -0.2) is 9.37 Å². The zero-order valence-corrected chi connectivity index (χ0v) is 9.71. The van der Waals surface area contributed by atoms with Crippen molar-refractivity contribution in [2.45, 2.75) is 6.92 Å². The van der Waals surface area contributed by atoms with Crippen LogP contribution in [0.15, 0.2) is 18.5 Å². The summed E-state index contributed by atoms with van der Waals surface area (Å²) in [4.78, 5) is 19.8. The van der Waals surface area contributed by atoms with Crippen LogP contribution in [0.4, 0.5) is 15.2 Å². The average Bonchev–Trinajstić information content (AvgIpc) is 2.58. The topological polar surface area (TPSA) is 80.9 Å². The molecule has 0 aromatic carbocycles. The van der Waals surface area contributed by atoms with E-state index in [-0.39, 0.29) is 5.91 Å². The fourth-order valence-electron chi connectivity index (χ4n) is 1.30. The van der Waals surface area contributed by atoms with Crippen molar-refractivity contribution in [3.63, 3.8) is 0 Å². The number of hydrogen-bond donors (Lipinski definition) is 2. The molecule has 3 N–H and O–H groups in total. The Morgan fingerprint density at radius 3 is 2.88 bits per heavy atom. The first-order chi connectivity index (χ1) is 8.06. The maximum Gasteiger partial charge on any atom is 0.267 e. The smallest absolute Gasteiger partial charge is 0.267 e. The highest BCUT2D eigenvalue weighted by Gasteiger charge is 2.14. The lowest BCUT2D eigenvalue weighted by molar-refractivity contribution is 0.103. The van der Waals surface area contributed by atoms with Gasteiger partial charge in [0, 0.05) is 6.07 Å². The molecule has 0 aliphatic heterocycles. The van der Waals surface area contributed by atoms with E-state index < -0.39 is 5.82 Å². The van der Waals surface area contributed by atoms with E-state index in [0.717, 1.165) is 17.5 Å². The number of carbonyl (C=O) groups is 1. The summed E-state index contributed by atoms with van der Waals surface area (Å²) >= 11 is 1.09. The second-order valence-electron chi connectivity index (χ2n) is 3.31. The number of halogens is 1. The van der Waals surface area contributed by atoms with E-state index >= 15 is 0 Å². The fourth-order valence-corrected chi connectivity index (χ4v) is 2.02. The molecule has 0 radical (unpaired) electrons. The van der Waals surface area contributed by atoms with Gasteiger partial charge in [0.15, 0.2) is 5.13 Å². The third-order valence-electron chi connectivity index (χ3n) is 1.98. The fraction of sp³-hybridized carbons (Fsp3) is 0.100. The molecule has 2 heterocycles. The van der Waals surface area contributed by atoms with Crippen LogP contribution in [0.2, 0.25) is 0 Å². The van der Waals surface area contributed by atoms with Crippen molar-refractivity contribution in [2.75, 3.05) is 11.1 Å². The van der Waals surface area contributed by atoms with Gasteiger partial charge in [0.1, 0.15) is 10.7 Å². The van der Waals surface area contributed by atoms with E-state index in [0.29, 0.717) is 21.4 Å². The van der Waals surface area contributed by atoms with E-state index in [1.165, 1.54) is 12.3 Å². The Labute approximate surface area is 101 Å². The minimum Gasteiger partial charge on any atom is -0.375 e. The Morgan fingerprint density at radius 1 is 1.53 bits per heavy atom. The molecule has 0 aliphatic rings. The van der Waals surface area contributed by atoms with Gasteiger partial charge in [0.25, 0.3) is 5.91 Å². The molecule has 0 aliphatic carbocycles. The van der Waals surface area contributed by atoms with Crippen LogP contribution >= 0.6 is 11.3 Å². The summed E-state index contributed by atoms with van der Waals surface area (Å²) in [5.41, 5.74) is 6.33. The lowest BCUT2D eigenvalue weighted by atomic mass is 10.3. The Morgan fingerprint density at radius 2 is 2.29 bits per heavy atom. The number of anilines is 2. The van der Waals surface area contributed by atoms with Crippen LogP contribution in [0.1, 0.15) is 15.4 Å². The number of aryl methyl sites for hydroxylation is 1. The van der Waals surface area contributed by atoms with Gasteiger partial charge in [-0.2, -0.15) is 0 Å². The van der Waals surface area contributed by atoms with Gasteiger partial charge in [0.2, 0.25) is 0 Å². The number of hydrogen-bond acceptors (Lipinski definition) is 5. The zero-order valence-electron chi connectivity index (χ0n) is 8.90. The van der Waals surface area contributed by atoms with Crippen LogP contribution in [0.25, 0.3) is 0 Å². The first kappa shape index (κ1) is 11.5. The average molecular weight is 252 g/mol. The second kappa shape index (κ2) is 4.46. The normalized spacial score (nSPS) is 10.2. The molecule has 0 saturated heterocycles. The number of nitrogens with two attached hydrogens (primary N) is 1. The van der Waals surface area contributed by atoms with Crippen molar-refractivity contribution in [1.29, 1.82) is 0 Å². The lowest BCUT2D eigenvalue weighted by Crippen LogP contribution is -2.11. The summed E-state index contributed by atoms with van der Waals surface area (Å²) in [5.74, 6) is -0.882. The number of nitrogen functional groups attached to an aromatic ring is 1. The molecule has 5 nitrogen and oxygen atoms in total. The Kier molecular flexibility index (Phi) is 3.01. The van der Waals surface area contributed by atoms with Crippen LogP contribution in [-0.2, 0) is 0 Å². The van der Waals surface area contributed by atoms with Gasteiger partial charge < -0.3 is 11.1 Å². The molecular formula is C10H9FN4OS. The Bertz CT molecular complexity index is 569. The molecule has 1 amide bonds. The summed E-state index contributed by atoms with van der Waals surface area (Å²) < 4.78 is 12.9. The van der Waals surface area contributed by atoms with Gasteiger partial charge in [-0.1, -0.05) is 11.3 Å². The summed E-state index contributed by atoms with van der Waals surface area (Å²) in [6.07, 6.45) is 2.42. The van der Waals surface area contributed by atoms with E-state index in [9.17, 15) is 9.18 Å². The molecule has 2 aromatic heterocycles. The van der Waals surface area contributed by atoms with Crippen molar-refractivity contribution < 1.29 is 9.18 Å². The Balaban J connectivity index is 2.20. The van der Waals surface area contributed by atoms with Gasteiger partial charge in [-0.15, -0.1) is 0 Å². The number of pyridine rings is 1. The highest BCUT2D eigenvalue weighted by molar-refractivity contribution is 7.17. The van der Waals surface area contributed by atoms with Crippen molar-refractivity contribution in [3.8, 4) is 0 Å². The molecule has 0 atom stereocenters. The molecule has 2 aromatic rings. The molecule has 88 valence electrons. The van der Waals surface area contributed by atoms with Gasteiger partial charge in [0.05, 0.1) is 23.8 Å². The largest absolute Gasteiger partial charge is 0.375 e. The van der Waals surface area contributed by atoms with Crippen molar-refractivity contribution in [1.82, 2.24) is 9.97 Å². The minimum absolute atomic E-state index is 0.293. The highest BCUT2D eigenvalue weighted by Crippen LogP contribution is 2.21. The first-order valence-corrected chi connectivity index (χ1v) is 5.52. The molecule has 17 heavy (non-hydrogen) atoms. The highest BCUT2D eigenvalue weighted by atomic mass is 32.1. The second-order valence-corrected chi connectivity index (χ2v) is 4.34. The van der Waals surface area contributed by atoms with Crippen LogP contribution in [-0.4, -0.2) is 15.9 Å². The van der Waals surface area contributed by atoms with E-state index in [1.54, 1.807) is 6.92 Å². The summed E-state index contributed by atoms with van der Waals surface area (Å²) in [7, 11) is 0. The predicted molar refractivity (Wildman–Crippen MR) is 63.4 cm³/mol. The number of amides is 1. The predicted octanol–water partition coefficient (Wildman–Crippen LogP) is 1.82. The number of thiazole rings is 1. The standard InChI is InChI=1S/C10H9FN4OS/c1-5-8(17-10(12)14-5)9(16)15-7-2-6(11)3-13-4-7/h2-4H,1H3,(H2,12,14)(H,15,16). The van der Waals surface area contributed by atoms with Crippen molar-refractivity contribution >= 4 is 28.1 Å². The van der Waals surface area contributed by atoms with Crippen LogP contribution in [0.3, 0.4) is 0 Å². The molecule has 2 rings (SSSR count). The molecule has 0 unspecified atom stereocenters. The van der Waals surface area contributed by atoms with E-state index in [1.807, 2.05) is 0 Å². The number of nitrogens with one attached hydrogen (secondary N) is 1. The Hall–Kier alpha value is -2.02. The molecular weight excluding hydrogens is 243 g/mol. The maximum atomic E-state index is 12.9. The summed E-state index contributed by atoms with van der Waals surface area (Å²) in [5, 5.41) is 2.85. The molecule has 7 heteroatoms. The molecule has 0 spiro atoms. The SMILES string of the molecule is Cc1nc(N)sc1C(=O)Nc1cncc(F)c1. The van der Waals surface area contributed by atoms with Crippen LogP contribution in [0, 0.1) is 12.7 Å². The lowest BCUT2D eigenvalue weighted by Gasteiger charge is -2.02. The maximum absolute atomic E-state index is 12.9. The van der Waals surface area contributed by atoms with Gasteiger partial charge >= 0.3 is 0 Å². The summed E-state index contributed by atoms with van der Waals surface area (Å²) in [6.45, 7) is 1.69. The quantitative estimate of drug-likeness (QED) is 0.854. The van der Waals surface area contributed by atoms with Gasteiger partial charge in [-0.3, -0.25) is 9.78 Å². The van der Waals surface area contributed by atoms with E-state index in [2.05, 4.69) is 15.3 Å². The van der Waals surface area contributed by atoms with Crippen LogP contribution in [0.5, 0.6) is 0 Å². The molecule has 0 fully saturated rings. The third kappa shape index (κ3) is 2.56. The third-order valence-corrected chi connectivity index (χ3v) is 2.97. The number of carbonyl (C=O) groups excluding carboxylic acids is 1.